The van der Waals surface area contributed by atoms with E-state index in [1.54, 1.807) is 29.3 Å². The third kappa shape index (κ3) is 3.55. The summed E-state index contributed by atoms with van der Waals surface area (Å²) in [5, 5.41) is 12.5. The van der Waals surface area contributed by atoms with Gasteiger partial charge in [0.2, 0.25) is 10.9 Å². The summed E-state index contributed by atoms with van der Waals surface area (Å²) in [4.78, 5) is 8.70. The summed E-state index contributed by atoms with van der Waals surface area (Å²) in [6.45, 7) is 0.748. The molecule has 0 spiro atoms. The van der Waals surface area contributed by atoms with Crippen LogP contribution in [0.3, 0.4) is 0 Å². The first-order valence-electron chi connectivity index (χ1n) is 7.39. The van der Waals surface area contributed by atoms with Crippen LogP contribution in [-0.2, 0) is 12.3 Å². The van der Waals surface area contributed by atoms with Gasteiger partial charge in [0.25, 0.3) is 0 Å². The van der Waals surface area contributed by atoms with Gasteiger partial charge in [0.1, 0.15) is 0 Å². The molecule has 0 aliphatic heterocycles. The van der Waals surface area contributed by atoms with Crippen LogP contribution in [0.4, 0.5) is 5.13 Å². The molecule has 0 atom stereocenters. The van der Waals surface area contributed by atoms with Gasteiger partial charge in [-0.25, -0.2) is 9.97 Å². The largest absolute Gasteiger partial charge is 0.356 e. The van der Waals surface area contributed by atoms with E-state index in [1.165, 1.54) is 5.56 Å². The average Bonchev–Trinajstić information content (AvgIpc) is 3.25. The second-order valence-corrected chi connectivity index (χ2v) is 7.26. The molecule has 6 nitrogen and oxygen atoms in total. The first-order chi connectivity index (χ1) is 11.9. The molecule has 0 aliphatic rings. The lowest BCUT2D eigenvalue weighted by Gasteiger charge is -2.00. The van der Waals surface area contributed by atoms with Crippen molar-refractivity contribution in [3.05, 3.63) is 66.2 Å². The fraction of sp³-hybridized carbons (Fsp3) is 0.125. The quantitative estimate of drug-likeness (QED) is 0.535. The summed E-state index contributed by atoms with van der Waals surface area (Å²) in [5.41, 5.74) is 2.20. The number of imidazole rings is 1. The third-order valence-corrected chi connectivity index (χ3v) is 5.37. The van der Waals surface area contributed by atoms with E-state index in [-0.39, 0.29) is 0 Å². The molecule has 0 radical (unpaired) electrons. The molecular weight excluding hydrogens is 340 g/mol. The minimum Gasteiger partial charge on any atom is -0.356 e. The molecule has 0 bridgehead atoms. The monoisotopic (exact) mass is 354 g/mol. The number of nitrogens with one attached hydrogen (secondary N) is 1. The zero-order valence-electron chi connectivity index (χ0n) is 12.7. The Kier molecular flexibility index (Phi) is 4.39. The molecule has 0 aliphatic carbocycles. The number of hydrogen-bond acceptors (Lipinski definition) is 7. The van der Waals surface area contributed by atoms with Crippen molar-refractivity contribution in [1.29, 1.82) is 0 Å². The molecule has 3 heterocycles. The van der Waals surface area contributed by atoms with Gasteiger partial charge in [-0.1, -0.05) is 53.4 Å². The fourth-order valence-electron chi connectivity index (χ4n) is 2.20. The van der Waals surface area contributed by atoms with Gasteiger partial charge in [0.15, 0.2) is 4.34 Å². The Bertz CT molecular complexity index is 901. The zero-order valence-corrected chi connectivity index (χ0v) is 14.3. The maximum absolute atomic E-state index is 4.48. The molecule has 3 aromatic heterocycles. The molecule has 0 amide bonds. The van der Waals surface area contributed by atoms with E-state index < -0.39 is 0 Å². The number of aromatic nitrogens is 5. The number of rotatable bonds is 6. The van der Waals surface area contributed by atoms with Gasteiger partial charge in [-0.2, -0.15) is 0 Å². The van der Waals surface area contributed by atoms with Crippen LogP contribution >= 0.6 is 23.1 Å². The van der Waals surface area contributed by atoms with Crippen molar-refractivity contribution < 1.29 is 0 Å². The minimum absolute atomic E-state index is 0.718. The summed E-state index contributed by atoms with van der Waals surface area (Å²) >= 11 is 3.19. The second-order valence-electron chi connectivity index (χ2n) is 5.06. The van der Waals surface area contributed by atoms with Crippen molar-refractivity contribution in [3.63, 3.8) is 0 Å². The Morgan fingerprint density at radius 3 is 2.92 bits per heavy atom. The first kappa shape index (κ1) is 15.1. The predicted octanol–water partition coefficient (Wildman–Crippen LogP) is 3.49. The van der Waals surface area contributed by atoms with Crippen LogP contribution in [-0.4, -0.2) is 24.6 Å². The Labute approximate surface area is 147 Å². The number of anilines is 1. The van der Waals surface area contributed by atoms with Crippen molar-refractivity contribution in [2.24, 2.45) is 0 Å². The van der Waals surface area contributed by atoms with Gasteiger partial charge in [-0.05, 0) is 11.6 Å². The van der Waals surface area contributed by atoms with E-state index in [0.717, 1.165) is 33.2 Å². The van der Waals surface area contributed by atoms with Gasteiger partial charge in [-0.3, -0.25) is 4.40 Å². The number of hydrogen-bond donors (Lipinski definition) is 1. The second kappa shape index (κ2) is 6.98. The van der Waals surface area contributed by atoms with E-state index in [2.05, 4.69) is 37.6 Å². The maximum Gasteiger partial charge on any atom is 0.233 e. The highest BCUT2D eigenvalue weighted by molar-refractivity contribution is 8.00. The summed E-state index contributed by atoms with van der Waals surface area (Å²) in [6, 6.07) is 12.1. The summed E-state index contributed by atoms with van der Waals surface area (Å²) < 4.78 is 2.85. The molecular formula is C16H14N6S2. The van der Waals surface area contributed by atoms with E-state index in [4.69, 9.17) is 0 Å². The summed E-state index contributed by atoms with van der Waals surface area (Å²) in [5.74, 6) is 1.46. The number of fused-ring (bicyclic) bond motifs is 1. The van der Waals surface area contributed by atoms with Crippen LogP contribution in [0.15, 0.2) is 59.3 Å². The van der Waals surface area contributed by atoms with Crippen LogP contribution in [0.1, 0.15) is 11.3 Å². The summed E-state index contributed by atoms with van der Waals surface area (Å²) in [6.07, 6.45) is 5.68. The highest BCUT2D eigenvalue weighted by Gasteiger charge is 2.07. The smallest absolute Gasteiger partial charge is 0.233 e. The average molecular weight is 354 g/mol. The lowest BCUT2D eigenvalue weighted by molar-refractivity contribution is 0.994. The SMILES string of the molecule is c1ccc(CNc2nnc(SCc3cn4cccnc4n3)s2)cc1. The zero-order chi connectivity index (χ0) is 16.2. The van der Waals surface area contributed by atoms with E-state index >= 15 is 0 Å². The minimum atomic E-state index is 0.718. The molecule has 0 fully saturated rings. The predicted molar refractivity (Wildman–Crippen MR) is 96.2 cm³/mol. The Morgan fingerprint density at radius 1 is 1.12 bits per heavy atom. The van der Waals surface area contributed by atoms with Gasteiger partial charge in [0, 0.05) is 30.9 Å². The lowest BCUT2D eigenvalue weighted by atomic mass is 10.2. The topological polar surface area (TPSA) is 68.0 Å². The highest BCUT2D eigenvalue weighted by Crippen LogP contribution is 2.28. The van der Waals surface area contributed by atoms with E-state index in [0.29, 0.717) is 0 Å². The van der Waals surface area contributed by atoms with Gasteiger partial charge in [0.05, 0.1) is 5.69 Å². The van der Waals surface area contributed by atoms with Crippen molar-refractivity contribution in [2.75, 3.05) is 5.32 Å². The molecule has 0 saturated carbocycles. The molecule has 4 aromatic rings. The molecule has 4 rings (SSSR count). The third-order valence-electron chi connectivity index (χ3n) is 3.32. The Morgan fingerprint density at radius 2 is 2.04 bits per heavy atom. The van der Waals surface area contributed by atoms with Crippen LogP contribution in [0.25, 0.3) is 5.78 Å². The lowest BCUT2D eigenvalue weighted by Crippen LogP contribution is -1.98. The number of benzene rings is 1. The molecule has 1 N–H and O–H groups in total. The molecule has 24 heavy (non-hydrogen) atoms. The van der Waals surface area contributed by atoms with Crippen molar-refractivity contribution >= 4 is 34.0 Å². The number of thioether (sulfide) groups is 1. The van der Waals surface area contributed by atoms with Crippen molar-refractivity contribution in [3.8, 4) is 0 Å². The Balaban J connectivity index is 1.35. The van der Waals surface area contributed by atoms with E-state index in [1.807, 2.05) is 41.1 Å². The fourth-order valence-corrected chi connectivity index (χ4v) is 3.83. The molecule has 1 aromatic carbocycles. The van der Waals surface area contributed by atoms with Crippen molar-refractivity contribution in [2.45, 2.75) is 16.6 Å². The van der Waals surface area contributed by atoms with Crippen LogP contribution in [0.2, 0.25) is 0 Å². The van der Waals surface area contributed by atoms with Crippen LogP contribution < -0.4 is 5.32 Å². The molecule has 0 unspecified atom stereocenters. The Hall–Kier alpha value is -2.45. The highest BCUT2D eigenvalue weighted by atomic mass is 32.2. The van der Waals surface area contributed by atoms with Crippen LogP contribution in [0.5, 0.6) is 0 Å². The van der Waals surface area contributed by atoms with E-state index in [9.17, 15) is 0 Å². The van der Waals surface area contributed by atoms with Gasteiger partial charge >= 0.3 is 0 Å². The van der Waals surface area contributed by atoms with Gasteiger partial charge < -0.3 is 5.32 Å². The van der Waals surface area contributed by atoms with Gasteiger partial charge in [-0.15, -0.1) is 10.2 Å². The summed E-state index contributed by atoms with van der Waals surface area (Å²) in [7, 11) is 0. The molecule has 8 heteroatoms. The van der Waals surface area contributed by atoms with Crippen LogP contribution in [0, 0.1) is 0 Å². The number of nitrogens with zero attached hydrogens (tertiary/aromatic N) is 5. The molecule has 120 valence electrons. The first-order valence-corrected chi connectivity index (χ1v) is 9.20. The standard InChI is InChI=1S/C16H14N6S2/c1-2-5-12(6-3-1)9-18-15-20-21-16(24-15)23-11-13-10-22-8-4-7-17-14(22)19-13/h1-8,10H,9,11H2,(H,18,20). The maximum atomic E-state index is 4.48. The normalized spacial score (nSPS) is 11.0. The van der Waals surface area contributed by atoms with Crippen molar-refractivity contribution in [1.82, 2.24) is 24.6 Å². The molecule has 0 saturated heterocycles.